The number of piperidine rings is 1. The van der Waals surface area contributed by atoms with Crippen LogP contribution in [0.15, 0.2) is 24.3 Å². The largest absolute Gasteiger partial charge is 0.492 e. The predicted molar refractivity (Wildman–Crippen MR) is 80.3 cm³/mol. The van der Waals surface area contributed by atoms with Gasteiger partial charge in [0.25, 0.3) is 0 Å². The zero-order valence-corrected chi connectivity index (χ0v) is 13.1. The number of hydrogen-bond acceptors (Lipinski definition) is 3. The quantitative estimate of drug-likeness (QED) is 0.918. The molecule has 1 aromatic rings. The molecule has 2 bridgehead atoms. The minimum Gasteiger partial charge on any atom is -0.492 e. The van der Waals surface area contributed by atoms with Gasteiger partial charge in [-0.3, -0.25) is 4.90 Å². The van der Waals surface area contributed by atoms with Crippen LogP contribution in [0.5, 0.6) is 5.75 Å². The second-order valence-electron chi connectivity index (χ2n) is 6.87. The van der Waals surface area contributed by atoms with Crippen molar-refractivity contribution in [1.82, 2.24) is 4.90 Å². The van der Waals surface area contributed by atoms with Gasteiger partial charge in [0.2, 0.25) is 0 Å². The molecule has 2 aliphatic heterocycles. The smallest absolute Gasteiger partial charge is 0.419 e. The first-order valence-electron chi connectivity index (χ1n) is 8.03. The second kappa shape index (κ2) is 5.98. The molecule has 0 amide bonds. The molecule has 2 aliphatic rings. The van der Waals surface area contributed by atoms with Crippen LogP contribution in [-0.2, 0) is 6.18 Å². The summed E-state index contributed by atoms with van der Waals surface area (Å²) in [5, 5.41) is 10.2. The highest BCUT2D eigenvalue weighted by atomic mass is 19.4. The average molecular weight is 329 g/mol. The first-order chi connectivity index (χ1) is 10.8. The first-order valence-corrected chi connectivity index (χ1v) is 8.03. The zero-order chi connectivity index (χ0) is 16.7. The van der Waals surface area contributed by atoms with E-state index >= 15 is 0 Å². The van der Waals surface area contributed by atoms with E-state index in [1.54, 1.807) is 6.07 Å². The number of alkyl halides is 3. The Balaban J connectivity index is 1.59. The summed E-state index contributed by atoms with van der Waals surface area (Å²) in [4.78, 5) is 2.29. The fourth-order valence-electron chi connectivity index (χ4n) is 4.00. The third-order valence-electron chi connectivity index (χ3n) is 4.92. The molecule has 2 saturated heterocycles. The van der Waals surface area contributed by atoms with Gasteiger partial charge in [0, 0.05) is 18.6 Å². The Morgan fingerprint density at radius 2 is 1.83 bits per heavy atom. The summed E-state index contributed by atoms with van der Waals surface area (Å²) in [6, 6.07) is 5.93. The molecule has 0 unspecified atom stereocenters. The minimum atomic E-state index is -4.40. The van der Waals surface area contributed by atoms with Gasteiger partial charge in [0.05, 0.1) is 11.2 Å². The maximum atomic E-state index is 12.9. The number of para-hydroxylation sites is 1. The van der Waals surface area contributed by atoms with Crippen molar-refractivity contribution >= 4 is 0 Å². The zero-order valence-electron chi connectivity index (χ0n) is 13.1. The molecule has 0 radical (unpaired) electrons. The lowest BCUT2D eigenvalue weighted by atomic mass is 9.88. The number of rotatable bonds is 4. The van der Waals surface area contributed by atoms with Gasteiger partial charge in [0.1, 0.15) is 12.4 Å². The SMILES string of the molecule is C[C@]1(O)C[C@H]2CC[C@@H](C1)N2CCOc1ccccc1C(F)(F)F. The number of aliphatic hydroxyl groups is 1. The minimum absolute atomic E-state index is 0.114. The third-order valence-corrected chi connectivity index (χ3v) is 4.92. The number of ether oxygens (including phenoxy) is 1. The lowest BCUT2D eigenvalue weighted by Gasteiger charge is -2.42. The van der Waals surface area contributed by atoms with E-state index in [2.05, 4.69) is 4.90 Å². The Labute approximate surface area is 134 Å². The monoisotopic (exact) mass is 329 g/mol. The van der Waals surface area contributed by atoms with E-state index in [1.807, 2.05) is 6.92 Å². The first kappa shape index (κ1) is 16.6. The van der Waals surface area contributed by atoms with Crippen molar-refractivity contribution in [2.45, 2.75) is 56.5 Å². The summed E-state index contributed by atoms with van der Waals surface area (Å²) in [5.74, 6) is -0.114. The van der Waals surface area contributed by atoms with Crippen molar-refractivity contribution in [2.24, 2.45) is 0 Å². The van der Waals surface area contributed by atoms with Crippen LogP contribution in [0.25, 0.3) is 0 Å². The molecule has 0 aliphatic carbocycles. The number of halogens is 3. The summed E-state index contributed by atoms with van der Waals surface area (Å²) in [6.45, 7) is 2.69. The van der Waals surface area contributed by atoms with Crippen molar-refractivity contribution < 1.29 is 23.0 Å². The second-order valence-corrected chi connectivity index (χ2v) is 6.87. The number of fused-ring (bicyclic) bond motifs is 2. The molecule has 128 valence electrons. The van der Waals surface area contributed by atoms with Crippen molar-refractivity contribution in [1.29, 1.82) is 0 Å². The highest BCUT2D eigenvalue weighted by molar-refractivity contribution is 5.35. The molecule has 2 fully saturated rings. The highest BCUT2D eigenvalue weighted by Gasteiger charge is 2.45. The van der Waals surface area contributed by atoms with Crippen molar-refractivity contribution in [3.05, 3.63) is 29.8 Å². The molecule has 3 atom stereocenters. The van der Waals surface area contributed by atoms with Crippen LogP contribution in [0, 0.1) is 0 Å². The molecule has 0 spiro atoms. The fraction of sp³-hybridized carbons (Fsp3) is 0.647. The van der Waals surface area contributed by atoms with Gasteiger partial charge in [-0.1, -0.05) is 12.1 Å². The molecular formula is C17H22F3NO2. The number of nitrogens with zero attached hydrogens (tertiary/aromatic N) is 1. The van der Waals surface area contributed by atoms with Crippen LogP contribution < -0.4 is 4.74 Å². The summed E-state index contributed by atoms with van der Waals surface area (Å²) < 4.78 is 44.2. The van der Waals surface area contributed by atoms with Gasteiger partial charge in [-0.15, -0.1) is 0 Å². The summed E-state index contributed by atoms with van der Waals surface area (Å²) in [5.41, 5.74) is -1.35. The van der Waals surface area contributed by atoms with Crippen LogP contribution in [0.4, 0.5) is 13.2 Å². The van der Waals surface area contributed by atoms with Crippen LogP contribution in [-0.4, -0.2) is 40.8 Å². The third kappa shape index (κ3) is 3.63. The molecule has 0 aromatic heterocycles. The van der Waals surface area contributed by atoms with E-state index in [-0.39, 0.29) is 12.4 Å². The van der Waals surface area contributed by atoms with Gasteiger partial charge in [-0.05, 0) is 44.7 Å². The van der Waals surface area contributed by atoms with E-state index in [4.69, 9.17) is 4.74 Å². The maximum Gasteiger partial charge on any atom is 0.419 e. The van der Waals surface area contributed by atoms with Gasteiger partial charge in [-0.2, -0.15) is 13.2 Å². The van der Waals surface area contributed by atoms with Gasteiger partial charge < -0.3 is 9.84 Å². The van der Waals surface area contributed by atoms with E-state index in [1.165, 1.54) is 12.1 Å². The van der Waals surface area contributed by atoms with E-state index in [0.29, 0.717) is 18.6 Å². The molecule has 1 aromatic carbocycles. The van der Waals surface area contributed by atoms with E-state index in [0.717, 1.165) is 31.7 Å². The van der Waals surface area contributed by atoms with Crippen LogP contribution in [0.1, 0.15) is 38.2 Å². The Kier molecular flexibility index (Phi) is 4.31. The Bertz CT molecular complexity index is 543. The molecule has 0 saturated carbocycles. The molecule has 2 heterocycles. The summed E-state index contributed by atoms with van der Waals surface area (Å²) in [6.07, 6.45) is -0.870. The van der Waals surface area contributed by atoms with Gasteiger partial charge in [-0.25, -0.2) is 0 Å². The van der Waals surface area contributed by atoms with Crippen LogP contribution in [0.3, 0.4) is 0 Å². The number of hydrogen-bond donors (Lipinski definition) is 1. The molecule has 3 nitrogen and oxygen atoms in total. The molecule has 23 heavy (non-hydrogen) atoms. The predicted octanol–water partition coefficient (Wildman–Crippen LogP) is 3.46. The van der Waals surface area contributed by atoms with E-state index < -0.39 is 17.3 Å². The standard InChI is InChI=1S/C17H22F3NO2/c1-16(22)10-12-6-7-13(11-16)21(12)8-9-23-15-5-3-2-4-14(15)17(18,19)20/h2-5,12-13,22H,6-11H2,1H3/t12-,13+,16+. The molecule has 3 rings (SSSR count). The lowest BCUT2D eigenvalue weighted by Crippen LogP contribution is -2.50. The Hall–Kier alpha value is -1.27. The summed E-state index contributed by atoms with van der Waals surface area (Å²) in [7, 11) is 0. The molecular weight excluding hydrogens is 307 g/mol. The van der Waals surface area contributed by atoms with Crippen molar-refractivity contribution in [3.63, 3.8) is 0 Å². The van der Waals surface area contributed by atoms with Crippen LogP contribution in [0.2, 0.25) is 0 Å². The number of benzene rings is 1. The van der Waals surface area contributed by atoms with Crippen molar-refractivity contribution in [3.8, 4) is 5.75 Å². The molecule has 6 heteroatoms. The highest BCUT2D eigenvalue weighted by Crippen LogP contribution is 2.40. The topological polar surface area (TPSA) is 32.7 Å². The Morgan fingerprint density at radius 1 is 1.22 bits per heavy atom. The normalized spacial score (nSPS) is 31.3. The molecule has 1 N–H and O–H groups in total. The van der Waals surface area contributed by atoms with Gasteiger partial charge >= 0.3 is 6.18 Å². The summed E-state index contributed by atoms with van der Waals surface area (Å²) >= 11 is 0. The maximum absolute atomic E-state index is 12.9. The van der Waals surface area contributed by atoms with Crippen LogP contribution >= 0.6 is 0 Å². The van der Waals surface area contributed by atoms with Gasteiger partial charge in [0.15, 0.2) is 0 Å². The average Bonchev–Trinajstić information content (AvgIpc) is 2.71. The van der Waals surface area contributed by atoms with Crippen molar-refractivity contribution in [2.75, 3.05) is 13.2 Å². The van der Waals surface area contributed by atoms with E-state index in [9.17, 15) is 18.3 Å². The lowest BCUT2D eigenvalue weighted by molar-refractivity contribution is -0.139. The Morgan fingerprint density at radius 3 is 2.43 bits per heavy atom. The fourth-order valence-corrected chi connectivity index (χ4v) is 4.00.